The van der Waals surface area contributed by atoms with Gasteiger partial charge < -0.3 is 5.11 Å². The van der Waals surface area contributed by atoms with Crippen LogP contribution in [0.1, 0.15) is 22.8 Å². The van der Waals surface area contributed by atoms with E-state index in [-0.39, 0.29) is 5.56 Å². The van der Waals surface area contributed by atoms with Crippen molar-refractivity contribution in [2.45, 2.75) is 13.0 Å². The van der Waals surface area contributed by atoms with Gasteiger partial charge >= 0.3 is 0 Å². The van der Waals surface area contributed by atoms with Crippen molar-refractivity contribution >= 4 is 50.1 Å². The zero-order valence-corrected chi connectivity index (χ0v) is 14.4. The van der Waals surface area contributed by atoms with Gasteiger partial charge in [-0.1, -0.05) is 29.8 Å². The quantitative estimate of drug-likeness (QED) is 0.485. The molecule has 1 N–H and O–H groups in total. The summed E-state index contributed by atoms with van der Waals surface area (Å²) >= 11 is 11.3. The van der Waals surface area contributed by atoms with Crippen LogP contribution in [0, 0.1) is 16.3 Å². The number of hydrogen-bond donors (Lipinski definition) is 1. The largest absolute Gasteiger partial charge is 0.384 e. The number of aliphatic hydroxyl groups is 1. The van der Waals surface area contributed by atoms with Gasteiger partial charge in [-0.3, -0.25) is 0 Å². The second-order valence-electron chi connectivity index (χ2n) is 4.17. The fraction of sp³-hybridized carbons (Fsp3) is 0.143. The second-order valence-corrected chi connectivity index (χ2v) is 6.51. The predicted molar refractivity (Wildman–Crippen MR) is 87.1 cm³/mol. The van der Waals surface area contributed by atoms with Crippen molar-refractivity contribution in [3.8, 4) is 0 Å². The van der Waals surface area contributed by atoms with Crippen molar-refractivity contribution in [1.29, 1.82) is 0 Å². The first-order valence-corrected chi connectivity index (χ1v) is 7.74. The minimum absolute atomic E-state index is 0.178. The summed E-state index contributed by atoms with van der Waals surface area (Å²) in [4.78, 5) is 0. The molecule has 0 bridgehead atoms. The molecule has 5 heteroatoms. The first-order valence-electron chi connectivity index (χ1n) is 5.49. The molecule has 0 aromatic heterocycles. The standard InChI is InChI=1S/C14H10BrClFIO/c1-7-3-2-4-8(13(7)18)14(19)9-5-11(16)10(15)6-12(9)17/h2-6,14,19H,1H3. The zero-order valence-electron chi connectivity index (χ0n) is 9.92. The summed E-state index contributed by atoms with van der Waals surface area (Å²) in [6.07, 6.45) is -1.03. The summed E-state index contributed by atoms with van der Waals surface area (Å²) in [5, 5.41) is 10.7. The lowest BCUT2D eigenvalue weighted by Gasteiger charge is -2.16. The van der Waals surface area contributed by atoms with Crippen LogP contribution in [-0.4, -0.2) is 5.11 Å². The molecular formula is C14H10BrClFIO. The lowest BCUT2D eigenvalue weighted by Crippen LogP contribution is -2.05. The lowest BCUT2D eigenvalue weighted by atomic mass is 9.99. The Morgan fingerprint density at radius 2 is 2.00 bits per heavy atom. The van der Waals surface area contributed by atoms with E-state index in [2.05, 4.69) is 38.5 Å². The summed E-state index contributed by atoms with van der Waals surface area (Å²) in [5.74, 6) is -0.485. The van der Waals surface area contributed by atoms with Crippen molar-refractivity contribution in [1.82, 2.24) is 0 Å². The number of aryl methyl sites for hydroxylation is 1. The summed E-state index contributed by atoms with van der Waals surface area (Å²) < 4.78 is 15.3. The third-order valence-electron chi connectivity index (χ3n) is 2.85. The highest BCUT2D eigenvalue weighted by molar-refractivity contribution is 14.1. The maximum Gasteiger partial charge on any atom is 0.130 e. The molecule has 1 unspecified atom stereocenters. The Kier molecular flexibility index (Phi) is 4.87. The molecule has 2 aromatic rings. The van der Waals surface area contributed by atoms with Crippen LogP contribution in [0.4, 0.5) is 4.39 Å². The normalized spacial score (nSPS) is 12.5. The molecule has 0 radical (unpaired) electrons. The molecule has 100 valence electrons. The highest BCUT2D eigenvalue weighted by atomic mass is 127. The number of aliphatic hydroxyl groups excluding tert-OH is 1. The van der Waals surface area contributed by atoms with E-state index >= 15 is 0 Å². The Balaban J connectivity index is 2.53. The minimum Gasteiger partial charge on any atom is -0.384 e. The second kappa shape index (κ2) is 6.08. The molecular weight excluding hydrogens is 445 g/mol. The highest BCUT2D eigenvalue weighted by Gasteiger charge is 2.19. The maximum absolute atomic E-state index is 13.9. The van der Waals surface area contributed by atoms with Gasteiger partial charge in [0.15, 0.2) is 0 Å². The smallest absolute Gasteiger partial charge is 0.130 e. The minimum atomic E-state index is -1.03. The number of hydrogen-bond acceptors (Lipinski definition) is 1. The molecule has 0 heterocycles. The molecule has 1 nitrogen and oxygen atoms in total. The molecule has 0 saturated heterocycles. The molecule has 0 amide bonds. The number of halogens is 4. The van der Waals surface area contributed by atoms with Crippen LogP contribution in [-0.2, 0) is 0 Å². The van der Waals surface area contributed by atoms with E-state index in [4.69, 9.17) is 11.6 Å². The van der Waals surface area contributed by atoms with Gasteiger partial charge in [-0.2, -0.15) is 0 Å². The zero-order chi connectivity index (χ0) is 14.2. The molecule has 0 aliphatic heterocycles. The van der Waals surface area contributed by atoms with Gasteiger partial charge in [0.05, 0.1) is 5.02 Å². The molecule has 2 aromatic carbocycles. The van der Waals surface area contributed by atoms with Gasteiger partial charge in [-0.05, 0) is 68.7 Å². The fourth-order valence-corrected chi connectivity index (χ4v) is 2.94. The Bertz CT molecular complexity index is 633. The van der Waals surface area contributed by atoms with E-state index in [1.807, 2.05) is 19.1 Å². The molecule has 0 aliphatic carbocycles. The van der Waals surface area contributed by atoms with Crippen molar-refractivity contribution in [3.05, 3.63) is 65.9 Å². The van der Waals surface area contributed by atoms with Crippen LogP contribution in [0.5, 0.6) is 0 Å². The first kappa shape index (κ1) is 15.2. The van der Waals surface area contributed by atoms with Crippen LogP contribution < -0.4 is 0 Å². The van der Waals surface area contributed by atoms with E-state index in [1.165, 1.54) is 12.1 Å². The summed E-state index contributed by atoms with van der Waals surface area (Å²) in [7, 11) is 0. The predicted octanol–water partition coefficient (Wildman–Crippen LogP) is 5.24. The number of rotatable bonds is 2. The van der Waals surface area contributed by atoms with Crippen LogP contribution >= 0.6 is 50.1 Å². The Labute approximate surface area is 138 Å². The molecule has 0 fully saturated rings. The highest BCUT2D eigenvalue weighted by Crippen LogP contribution is 2.33. The van der Waals surface area contributed by atoms with Crippen molar-refractivity contribution in [2.75, 3.05) is 0 Å². The van der Waals surface area contributed by atoms with Gasteiger partial charge in [-0.25, -0.2) is 4.39 Å². The fourth-order valence-electron chi connectivity index (χ4n) is 1.80. The molecule has 0 spiro atoms. The first-order chi connectivity index (χ1) is 8.91. The average molecular weight is 455 g/mol. The lowest BCUT2D eigenvalue weighted by molar-refractivity contribution is 0.214. The van der Waals surface area contributed by atoms with Crippen molar-refractivity contribution in [2.24, 2.45) is 0 Å². The van der Waals surface area contributed by atoms with Gasteiger partial charge in [0.1, 0.15) is 11.9 Å². The molecule has 0 aliphatic rings. The topological polar surface area (TPSA) is 20.2 Å². The van der Waals surface area contributed by atoms with Gasteiger partial charge in [0, 0.05) is 13.6 Å². The summed E-state index contributed by atoms with van der Waals surface area (Å²) in [6, 6.07) is 8.29. The van der Waals surface area contributed by atoms with E-state index in [9.17, 15) is 9.50 Å². The van der Waals surface area contributed by atoms with Gasteiger partial charge in [0.25, 0.3) is 0 Å². The van der Waals surface area contributed by atoms with Crippen molar-refractivity contribution < 1.29 is 9.50 Å². The maximum atomic E-state index is 13.9. The molecule has 1 atom stereocenters. The van der Waals surface area contributed by atoms with Crippen molar-refractivity contribution in [3.63, 3.8) is 0 Å². The van der Waals surface area contributed by atoms with Crippen LogP contribution in [0.25, 0.3) is 0 Å². The monoisotopic (exact) mass is 454 g/mol. The number of benzene rings is 2. The van der Waals surface area contributed by atoms with Crippen LogP contribution in [0.2, 0.25) is 5.02 Å². The van der Waals surface area contributed by atoms with E-state index in [0.29, 0.717) is 15.1 Å². The van der Waals surface area contributed by atoms with E-state index in [0.717, 1.165) is 9.13 Å². The van der Waals surface area contributed by atoms with Crippen LogP contribution in [0.15, 0.2) is 34.8 Å². The van der Waals surface area contributed by atoms with E-state index < -0.39 is 11.9 Å². The third-order valence-corrected chi connectivity index (χ3v) is 5.52. The Hall–Kier alpha value is -0.170. The summed E-state index contributed by atoms with van der Waals surface area (Å²) in [6.45, 7) is 1.95. The van der Waals surface area contributed by atoms with Gasteiger partial charge in [0.2, 0.25) is 0 Å². The van der Waals surface area contributed by atoms with Crippen LogP contribution in [0.3, 0.4) is 0 Å². The SMILES string of the molecule is Cc1cccc(C(O)c2cc(Cl)c(Br)cc2F)c1I. The summed E-state index contributed by atoms with van der Waals surface area (Å²) in [5.41, 5.74) is 1.90. The Morgan fingerprint density at radius 1 is 1.32 bits per heavy atom. The molecule has 2 rings (SSSR count). The molecule has 19 heavy (non-hydrogen) atoms. The van der Waals surface area contributed by atoms with Gasteiger partial charge in [-0.15, -0.1) is 0 Å². The molecule has 0 saturated carbocycles. The average Bonchev–Trinajstić information content (AvgIpc) is 2.36. The Morgan fingerprint density at radius 3 is 2.68 bits per heavy atom. The van der Waals surface area contributed by atoms with E-state index in [1.54, 1.807) is 6.07 Å². The third kappa shape index (κ3) is 3.12.